The molecular weight excluding hydrogens is 616 g/mol. The Morgan fingerprint density at radius 3 is 2.22 bits per heavy atom. The summed E-state index contributed by atoms with van der Waals surface area (Å²) in [4.78, 5) is 51.2. The van der Waals surface area contributed by atoms with Crippen LogP contribution in [0.3, 0.4) is 0 Å². The minimum atomic E-state index is -5.08. The Labute approximate surface area is 261 Å². The number of hydrogen-bond acceptors (Lipinski definition) is 7. The second-order valence-corrected chi connectivity index (χ2v) is 11.1. The molecule has 1 aliphatic heterocycles. The summed E-state index contributed by atoms with van der Waals surface area (Å²) in [7, 11) is 1.58. The van der Waals surface area contributed by atoms with Gasteiger partial charge in [0.05, 0.1) is 25.1 Å². The van der Waals surface area contributed by atoms with E-state index in [1.165, 1.54) is 18.2 Å². The van der Waals surface area contributed by atoms with E-state index in [0.29, 0.717) is 40.2 Å². The molecule has 2 aromatic carbocycles. The molecule has 0 bridgehead atoms. The van der Waals surface area contributed by atoms with Crippen LogP contribution in [-0.2, 0) is 27.3 Å². The zero-order valence-corrected chi connectivity index (χ0v) is 25.6. The van der Waals surface area contributed by atoms with Gasteiger partial charge in [0.15, 0.2) is 0 Å². The van der Waals surface area contributed by atoms with Crippen molar-refractivity contribution in [2.24, 2.45) is 0 Å². The number of aromatic amines is 1. The van der Waals surface area contributed by atoms with Crippen molar-refractivity contribution in [1.29, 1.82) is 0 Å². The minimum absolute atomic E-state index is 0.0391. The number of esters is 1. The van der Waals surface area contributed by atoms with Crippen LogP contribution >= 0.6 is 0 Å². The number of anilines is 2. The van der Waals surface area contributed by atoms with Gasteiger partial charge in [-0.1, -0.05) is 6.92 Å². The van der Waals surface area contributed by atoms with Crippen LogP contribution in [-0.4, -0.2) is 59.3 Å². The van der Waals surface area contributed by atoms with Crippen molar-refractivity contribution in [3.05, 3.63) is 76.4 Å². The van der Waals surface area contributed by atoms with E-state index < -0.39 is 41.4 Å². The van der Waals surface area contributed by atoms with E-state index in [0.717, 1.165) is 5.69 Å². The molecule has 4 rings (SSSR count). The molecule has 0 aliphatic carbocycles. The van der Waals surface area contributed by atoms with Crippen LogP contribution in [0, 0.1) is 5.82 Å². The van der Waals surface area contributed by atoms with Crippen LogP contribution in [0.25, 0.3) is 0 Å². The molecule has 1 atom stereocenters. The lowest BCUT2D eigenvalue weighted by molar-refractivity contribution is -0.192. The van der Waals surface area contributed by atoms with Gasteiger partial charge in [-0.05, 0) is 80.8 Å². The number of nitrogens with one attached hydrogen (secondary N) is 4. The Morgan fingerprint density at radius 2 is 1.67 bits per heavy atom. The van der Waals surface area contributed by atoms with Crippen molar-refractivity contribution >= 4 is 35.1 Å². The summed E-state index contributed by atoms with van der Waals surface area (Å²) in [5, 5.41) is 15.9. The number of H-pyrrole nitrogens is 1. The molecule has 248 valence electrons. The van der Waals surface area contributed by atoms with Crippen LogP contribution in [0.4, 0.5) is 28.9 Å². The summed E-state index contributed by atoms with van der Waals surface area (Å²) in [5.74, 6) is -4.60. The van der Waals surface area contributed by atoms with Crippen molar-refractivity contribution in [2.45, 2.75) is 58.4 Å². The largest absolute Gasteiger partial charge is 0.497 e. The Hall–Kier alpha value is -5.08. The number of aromatic nitrogens is 1. The molecule has 3 aromatic rings. The number of ether oxygens (including phenoxy) is 2. The topological polar surface area (TPSA) is 159 Å². The molecule has 11 nitrogen and oxygen atoms in total. The first-order valence-corrected chi connectivity index (χ1v) is 14.0. The third-order valence-electron chi connectivity index (χ3n) is 6.60. The summed E-state index contributed by atoms with van der Waals surface area (Å²) >= 11 is 0. The summed E-state index contributed by atoms with van der Waals surface area (Å²) in [6.07, 6.45) is -4.70. The molecule has 46 heavy (non-hydrogen) atoms. The quantitative estimate of drug-likeness (QED) is 0.152. The smallest absolute Gasteiger partial charge is 0.490 e. The first-order chi connectivity index (χ1) is 21.4. The van der Waals surface area contributed by atoms with Crippen molar-refractivity contribution in [3.8, 4) is 5.75 Å². The van der Waals surface area contributed by atoms with Gasteiger partial charge < -0.3 is 35.5 Å². The number of carbonyl (C=O) groups excluding carboxylic acids is 3. The molecule has 0 fully saturated rings. The molecule has 1 aliphatic rings. The zero-order chi connectivity index (χ0) is 34.4. The van der Waals surface area contributed by atoms with Gasteiger partial charge >= 0.3 is 18.1 Å². The highest BCUT2D eigenvalue weighted by atomic mass is 19.4. The molecule has 0 radical (unpaired) electrons. The number of carbonyl (C=O) groups is 4. The number of methoxy groups -OCH3 is 1. The molecule has 0 saturated carbocycles. The number of carboxylic acid groups (broad SMARTS) is 1. The summed E-state index contributed by atoms with van der Waals surface area (Å²) in [6, 6.07) is 11.4. The summed E-state index contributed by atoms with van der Waals surface area (Å²) < 4.78 is 56.4. The predicted octanol–water partition coefficient (Wildman–Crippen LogP) is 5.39. The molecule has 2 amide bonds. The normalized spacial score (nSPS) is 13.9. The highest BCUT2D eigenvalue weighted by Crippen LogP contribution is 2.33. The summed E-state index contributed by atoms with van der Waals surface area (Å²) in [5.41, 5.74) is 2.57. The maximum absolute atomic E-state index is 13.9. The lowest BCUT2D eigenvalue weighted by Crippen LogP contribution is -2.32. The first kappa shape index (κ1) is 35.4. The van der Waals surface area contributed by atoms with E-state index in [1.807, 2.05) is 31.2 Å². The number of rotatable bonds is 9. The van der Waals surface area contributed by atoms with Gasteiger partial charge in [0.25, 0.3) is 5.91 Å². The maximum Gasteiger partial charge on any atom is 0.490 e. The van der Waals surface area contributed by atoms with Gasteiger partial charge in [-0.15, -0.1) is 0 Å². The van der Waals surface area contributed by atoms with E-state index in [1.54, 1.807) is 27.9 Å². The molecule has 2 heterocycles. The standard InChI is InChI=1S/C29H33FN4O5.C2HF3O2/c1-6-19-24(27(36)32-14-21-20-13-16(30)7-12-22(20)34-26(21)35)23(33-25(19)28(37)39-29(2,3)4)15-31-17-8-10-18(38-5)11-9-17;3-2(4,5)1(6)7/h7-13,21,31,33H,6,14-15H2,1-5H3,(H,32,36)(H,34,35);(H,6,7). The van der Waals surface area contributed by atoms with Crippen LogP contribution < -0.4 is 20.7 Å². The number of aliphatic carboxylic acids is 1. The number of amides is 2. The number of benzene rings is 2. The number of fused-ring (bicyclic) bond motifs is 1. The van der Waals surface area contributed by atoms with E-state index >= 15 is 0 Å². The number of carboxylic acids is 1. The predicted molar refractivity (Wildman–Crippen MR) is 159 cm³/mol. The van der Waals surface area contributed by atoms with Crippen LogP contribution in [0.1, 0.15) is 71.3 Å². The Morgan fingerprint density at radius 1 is 1.04 bits per heavy atom. The SMILES string of the molecule is CCc1c(C(=O)OC(C)(C)C)[nH]c(CNc2ccc(OC)cc2)c1C(=O)NCC1C(=O)Nc2ccc(F)cc21.O=C(O)C(F)(F)F. The fraction of sp³-hybridized carbons (Fsp3) is 0.355. The lowest BCUT2D eigenvalue weighted by atomic mass is 10.00. The lowest BCUT2D eigenvalue weighted by Gasteiger charge is -2.19. The highest BCUT2D eigenvalue weighted by Gasteiger charge is 2.38. The van der Waals surface area contributed by atoms with Crippen molar-refractivity contribution in [2.75, 3.05) is 24.3 Å². The number of halogens is 4. The van der Waals surface area contributed by atoms with E-state index in [2.05, 4.69) is 20.9 Å². The molecule has 15 heteroatoms. The van der Waals surface area contributed by atoms with Gasteiger partial charge in [0, 0.05) is 23.6 Å². The highest BCUT2D eigenvalue weighted by molar-refractivity contribution is 6.05. The second-order valence-electron chi connectivity index (χ2n) is 11.1. The van der Waals surface area contributed by atoms with Gasteiger partial charge in [-0.2, -0.15) is 13.2 Å². The average molecular weight is 651 g/mol. The minimum Gasteiger partial charge on any atom is -0.497 e. The zero-order valence-electron chi connectivity index (χ0n) is 25.6. The fourth-order valence-electron chi connectivity index (χ4n) is 4.54. The van der Waals surface area contributed by atoms with Gasteiger partial charge in [0.2, 0.25) is 5.91 Å². The molecule has 0 spiro atoms. The molecule has 1 unspecified atom stereocenters. The van der Waals surface area contributed by atoms with Gasteiger partial charge in [0.1, 0.15) is 22.9 Å². The third kappa shape index (κ3) is 8.99. The fourth-order valence-corrected chi connectivity index (χ4v) is 4.54. The van der Waals surface area contributed by atoms with Crippen molar-refractivity contribution < 1.29 is 51.3 Å². The molecule has 0 saturated heterocycles. The molecule has 1 aromatic heterocycles. The summed E-state index contributed by atoms with van der Waals surface area (Å²) in [6.45, 7) is 7.33. The van der Waals surface area contributed by atoms with Crippen LogP contribution in [0.5, 0.6) is 5.75 Å². The molecule has 5 N–H and O–H groups in total. The van der Waals surface area contributed by atoms with E-state index in [9.17, 15) is 31.9 Å². The maximum atomic E-state index is 13.9. The van der Waals surface area contributed by atoms with Gasteiger partial charge in [-0.25, -0.2) is 14.0 Å². The average Bonchev–Trinajstić information content (AvgIpc) is 3.50. The van der Waals surface area contributed by atoms with Crippen LogP contribution in [0.15, 0.2) is 42.5 Å². The van der Waals surface area contributed by atoms with Crippen LogP contribution in [0.2, 0.25) is 0 Å². The van der Waals surface area contributed by atoms with Crippen molar-refractivity contribution in [3.63, 3.8) is 0 Å². The second kappa shape index (κ2) is 14.3. The first-order valence-electron chi connectivity index (χ1n) is 14.0. The Balaban J connectivity index is 0.000000738. The Bertz CT molecular complexity index is 1600. The van der Waals surface area contributed by atoms with E-state index in [4.69, 9.17) is 19.4 Å². The number of hydrogen-bond donors (Lipinski definition) is 5. The Kier molecular flexibility index (Phi) is 11.0. The third-order valence-corrected chi connectivity index (χ3v) is 6.60. The van der Waals surface area contributed by atoms with Gasteiger partial charge in [-0.3, -0.25) is 9.59 Å². The van der Waals surface area contributed by atoms with E-state index in [-0.39, 0.29) is 24.7 Å². The van der Waals surface area contributed by atoms with Crippen molar-refractivity contribution in [1.82, 2.24) is 10.3 Å². The molecular formula is C31H34F4N4O7. The monoisotopic (exact) mass is 650 g/mol. The number of alkyl halides is 3.